The summed E-state index contributed by atoms with van der Waals surface area (Å²) >= 11 is 5.69. The summed E-state index contributed by atoms with van der Waals surface area (Å²) in [7, 11) is 0. The lowest BCUT2D eigenvalue weighted by Crippen LogP contribution is -2.32. The van der Waals surface area contributed by atoms with E-state index in [1.54, 1.807) is 0 Å². The van der Waals surface area contributed by atoms with Crippen LogP contribution < -0.4 is 9.64 Å². The minimum absolute atomic E-state index is 0.769. The van der Waals surface area contributed by atoms with Gasteiger partial charge in [-0.05, 0) is 62.0 Å². The highest BCUT2D eigenvalue weighted by atomic mass is 32.1. The molecule has 0 aromatic heterocycles. The largest absolute Gasteiger partial charge is 0.494 e. The van der Waals surface area contributed by atoms with E-state index in [4.69, 9.17) is 17.0 Å². The van der Waals surface area contributed by atoms with Crippen molar-refractivity contribution in [1.29, 1.82) is 0 Å². The molecule has 1 saturated heterocycles. The Labute approximate surface area is 175 Å². The van der Waals surface area contributed by atoms with E-state index in [1.165, 1.54) is 31.2 Å². The van der Waals surface area contributed by atoms with Crippen LogP contribution in [0.1, 0.15) is 44.6 Å². The van der Waals surface area contributed by atoms with Crippen LogP contribution in [0.2, 0.25) is 0 Å². The number of benzene rings is 2. The van der Waals surface area contributed by atoms with Crippen LogP contribution in [0.5, 0.6) is 5.75 Å². The maximum atomic E-state index is 6.00. The predicted molar refractivity (Wildman–Crippen MR) is 122 cm³/mol. The van der Waals surface area contributed by atoms with Crippen molar-refractivity contribution in [3.05, 3.63) is 60.2 Å². The van der Waals surface area contributed by atoms with Gasteiger partial charge >= 0.3 is 0 Å². The normalized spacial score (nSPS) is 14.0. The number of ether oxygens (including phenoxy) is 1. The summed E-state index contributed by atoms with van der Waals surface area (Å²) in [6.07, 6.45) is 7.04. The molecule has 28 heavy (non-hydrogen) atoms. The Morgan fingerprint density at radius 3 is 2.61 bits per heavy atom. The van der Waals surface area contributed by atoms with Crippen molar-refractivity contribution < 1.29 is 4.74 Å². The molecule has 0 spiro atoms. The maximum absolute atomic E-state index is 6.00. The van der Waals surface area contributed by atoms with E-state index in [9.17, 15) is 0 Å². The minimum atomic E-state index is 0.769. The van der Waals surface area contributed by atoms with E-state index in [-0.39, 0.29) is 0 Å². The molecule has 0 N–H and O–H groups in total. The van der Waals surface area contributed by atoms with Gasteiger partial charge in [0.1, 0.15) is 5.75 Å². The Morgan fingerprint density at radius 1 is 0.929 bits per heavy atom. The molecule has 0 bridgehead atoms. The second-order valence-electron chi connectivity index (χ2n) is 7.42. The third kappa shape index (κ3) is 5.96. The molecule has 2 aromatic carbocycles. The number of aryl methyl sites for hydroxylation is 1. The fraction of sp³-hybridized carbons (Fsp3) is 0.458. The molecule has 150 valence electrons. The fourth-order valence-electron chi connectivity index (χ4n) is 3.56. The summed E-state index contributed by atoms with van der Waals surface area (Å²) in [5.41, 5.74) is 2.57. The number of hydrogen-bond acceptors (Lipinski definition) is 2. The zero-order chi connectivity index (χ0) is 19.6. The predicted octanol–water partition coefficient (Wildman–Crippen LogP) is 5.69. The van der Waals surface area contributed by atoms with E-state index >= 15 is 0 Å². The molecule has 3 rings (SSSR count). The van der Waals surface area contributed by atoms with Gasteiger partial charge in [0.2, 0.25) is 0 Å². The van der Waals surface area contributed by atoms with Crippen molar-refractivity contribution >= 4 is 23.0 Å². The zero-order valence-corrected chi connectivity index (χ0v) is 17.8. The van der Waals surface area contributed by atoms with Gasteiger partial charge in [0, 0.05) is 31.4 Å². The molecule has 1 aliphatic heterocycles. The summed E-state index contributed by atoms with van der Waals surface area (Å²) in [4.78, 5) is 4.55. The molecule has 0 amide bonds. The van der Waals surface area contributed by atoms with Gasteiger partial charge in [0.15, 0.2) is 5.11 Å². The van der Waals surface area contributed by atoms with Crippen LogP contribution in [-0.2, 0) is 6.42 Å². The number of rotatable bonds is 11. The Balaban J connectivity index is 1.40. The molecule has 0 aliphatic carbocycles. The van der Waals surface area contributed by atoms with Crippen LogP contribution in [0.15, 0.2) is 54.6 Å². The molecular formula is C24H32N2OS. The van der Waals surface area contributed by atoms with E-state index in [2.05, 4.69) is 65.3 Å². The first-order valence-electron chi connectivity index (χ1n) is 10.6. The lowest BCUT2D eigenvalue weighted by atomic mass is 10.1. The van der Waals surface area contributed by atoms with Crippen LogP contribution in [0.4, 0.5) is 5.69 Å². The summed E-state index contributed by atoms with van der Waals surface area (Å²) in [6, 6.07) is 19.1. The SMILES string of the molecule is CCCCN1CCN(c2cccc(OCCCCCc3ccccc3)c2)C1=S. The number of nitrogens with zero attached hydrogens (tertiary/aromatic N) is 2. The first-order chi connectivity index (χ1) is 13.8. The molecule has 4 heteroatoms. The molecule has 2 aromatic rings. The van der Waals surface area contributed by atoms with Crippen LogP contribution in [0.3, 0.4) is 0 Å². The van der Waals surface area contributed by atoms with Crippen molar-refractivity contribution in [2.45, 2.75) is 45.4 Å². The summed E-state index contributed by atoms with van der Waals surface area (Å²) < 4.78 is 6.00. The van der Waals surface area contributed by atoms with Gasteiger partial charge in [0.05, 0.1) is 6.61 Å². The Bertz CT molecular complexity index is 734. The maximum Gasteiger partial charge on any atom is 0.176 e. The molecule has 0 atom stereocenters. The zero-order valence-electron chi connectivity index (χ0n) is 17.0. The third-order valence-corrected chi connectivity index (χ3v) is 5.71. The molecule has 0 unspecified atom stereocenters. The van der Waals surface area contributed by atoms with Crippen LogP contribution >= 0.6 is 12.2 Å². The van der Waals surface area contributed by atoms with Gasteiger partial charge in [-0.1, -0.05) is 49.7 Å². The highest BCUT2D eigenvalue weighted by Crippen LogP contribution is 2.25. The minimum Gasteiger partial charge on any atom is -0.494 e. The number of unbranched alkanes of at least 4 members (excludes halogenated alkanes) is 3. The van der Waals surface area contributed by atoms with Crippen LogP contribution in [0.25, 0.3) is 0 Å². The number of thiocarbonyl (C=S) groups is 1. The second kappa shape index (κ2) is 11.1. The number of hydrogen-bond donors (Lipinski definition) is 0. The fourth-order valence-corrected chi connectivity index (χ4v) is 3.94. The lowest BCUT2D eigenvalue weighted by molar-refractivity contribution is 0.305. The average molecular weight is 397 g/mol. The molecule has 1 aliphatic rings. The first kappa shape index (κ1) is 20.7. The molecule has 0 saturated carbocycles. The van der Waals surface area contributed by atoms with Crippen molar-refractivity contribution in [2.75, 3.05) is 31.1 Å². The van der Waals surface area contributed by atoms with Crippen molar-refractivity contribution in [3.63, 3.8) is 0 Å². The Kier molecular flexibility index (Phi) is 8.16. The highest BCUT2D eigenvalue weighted by molar-refractivity contribution is 7.80. The first-order valence-corrected chi connectivity index (χ1v) is 11.0. The van der Waals surface area contributed by atoms with Gasteiger partial charge in [-0.2, -0.15) is 0 Å². The molecule has 0 radical (unpaired) electrons. The Hall–Kier alpha value is -2.07. The van der Waals surface area contributed by atoms with Gasteiger partial charge < -0.3 is 14.5 Å². The van der Waals surface area contributed by atoms with Gasteiger partial charge in [0.25, 0.3) is 0 Å². The van der Waals surface area contributed by atoms with Gasteiger partial charge in [-0.15, -0.1) is 0 Å². The molecular weight excluding hydrogens is 364 g/mol. The lowest BCUT2D eigenvalue weighted by Gasteiger charge is -2.22. The van der Waals surface area contributed by atoms with Gasteiger partial charge in [-0.25, -0.2) is 0 Å². The standard InChI is InChI=1S/C24H32N2OS/c1-2-3-16-25-17-18-26(24(25)28)22-14-10-15-23(20-22)27-19-9-5-8-13-21-11-6-4-7-12-21/h4,6-7,10-12,14-15,20H,2-3,5,8-9,13,16-19H2,1H3. The highest BCUT2D eigenvalue weighted by Gasteiger charge is 2.25. The van der Waals surface area contributed by atoms with Crippen LogP contribution in [0, 0.1) is 0 Å². The summed E-state index contributed by atoms with van der Waals surface area (Å²) in [6.45, 7) is 6.03. The van der Waals surface area contributed by atoms with Gasteiger partial charge in [-0.3, -0.25) is 0 Å². The average Bonchev–Trinajstić information content (AvgIpc) is 3.10. The summed E-state index contributed by atoms with van der Waals surface area (Å²) in [5.74, 6) is 0.940. The Morgan fingerprint density at radius 2 is 1.79 bits per heavy atom. The van der Waals surface area contributed by atoms with Crippen molar-refractivity contribution in [1.82, 2.24) is 4.90 Å². The molecule has 3 nitrogen and oxygen atoms in total. The topological polar surface area (TPSA) is 15.7 Å². The third-order valence-electron chi connectivity index (χ3n) is 5.23. The van der Waals surface area contributed by atoms with Crippen molar-refractivity contribution in [3.8, 4) is 5.75 Å². The summed E-state index contributed by atoms with van der Waals surface area (Å²) in [5, 5.41) is 0.950. The molecule has 1 heterocycles. The van der Waals surface area contributed by atoms with E-state index in [1.807, 2.05) is 6.07 Å². The molecule has 1 fully saturated rings. The monoisotopic (exact) mass is 396 g/mol. The second-order valence-corrected chi connectivity index (χ2v) is 7.78. The smallest absolute Gasteiger partial charge is 0.176 e. The van der Waals surface area contributed by atoms with E-state index < -0.39 is 0 Å². The van der Waals surface area contributed by atoms with E-state index in [0.29, 0.717) is 0 Å². The van der Waals surface area contributed by atoms with Crippen molar-refractivity contribution in [2.24, 2.45) is 0 Å². The van der Waals surface area contributed by atoms with E-state index in [0.717, 1.165) is 55.6 Å². The van der Waals surface area contributed by atoms with Crippen LogP contribution in [-0.4, -0.2) is 36.3 Å². The quantitative estimate of drug-likeness (QED) is 0.358. The number of anilines is 1.